The van der Waals surface area contributed by atoms with Crippen molar-refractivity contribution in [3.63, 3.8) is 0 Å². The van der Waals surface area contributed by atoms with Crippen molar-refractivity contribution in [1.82, 2.24) is 0 Å². The van der Waals surface area contributed by atoms with E-state index in [2.05, 4.69) is 0 Å². The zero-order chi connectivity index (χ0) is 5.56. The normalized spacial score (nSPS) is 44.6. The molecule has 1 nitrogen and oxygen atoms in total. The van der Waals surface area contributed by atoms with E-state index >= 15 is 0 Å². The zero-order valence-corrected chi connectivity index (χ0v) is 5.14. The van der Waals surface area contributed by atoms with Crippen molar-refractivity contribution >= 4 is 0 Å². The van der Waals surface area contributed by atoms with E-state index in [0.29, 0.717) is 0 Å². The van der Waals surface area contributed by atoms with Gasteiger partial charge >= 0.3 is 0 Å². The van der Waals surface area contributed by atoms with Crippen LogP contribution in [0.1, 0.15) is 19.3 Å². The van der Waals surface area contributed by atoms with Crippen LogP contribution in [-0.4, -0.2) is 6.54 Å². The van der Waals surface area contributed by atoms with Crippen LogP contribution in [0.2, 0.25) is 0 Å². The van der Waals surface area contributed by atoms with Crippen molar-refractivity contribution in [1.29, 1.82) is 0 Å². The van der Waals surface area contributed by atoms with Crippen molar-refractivity contribution in [2.24, 2.45) is 23.5 Å². The van der Waals surface area contributed by atoms with Gasteiger partial charge in [0.25, 0.3) is 0 Å². The quantitative estimate of drug-likeness (QED) is 0.565. The molecule has 0 aromatic heterocycles. The monoisotopic (exact) mass is 111 g/mol. The molecule has 2 fully saturated rings. The predicted octanol–water partition coefficient (Wildman–Crippen LogP) is 0.991. The van der Waals surface area contributed by atoms with Gasteiger partial charge in [-0.15, -0.1) is 0 Å². The highest BCUT2D eigenvalue weighted by atomic mass is 14.6. The largest absolute Gasteiger partial charge is 0.330 e. The van der Waals surface area contributed by atoms with Crippen LogP contribution in [-0.2, 0) is 0 Å². The Hall–Kier alpha value is -0.0400. The third-order valence-electron chi connectivity index (χ3n) is 2.51. The van der Waals surface area contributed by atoms with E-state index in [4.69, 9.17) is 5.73 Å². The van der Waals surface area contributed by atoms with Crippen LogP contribution in [0.25, 0.3) is 0 Å². The second-order valence-corrected chi connectivity index (χ2v) is 3.23. The predicted molar refractivity (Wildman–Crippen MR) is 33.4 cm³/mol. The molecule has 46 valence electrons. The molecule has 2 atom stereocenters. The Morgan fingerprint density at radius 1 is 1.38 bits per heavy atom. The van der Waals surface area contributed by atoms with Crippen molar-refractivity contribution in [2.45, 2.75) is 19.3 Å². The zero-order valence-electron chi connectivity index (χ0n) is 5.14. The summed E-state index contributed by atoms with van der Waals surface area (Å²) in [6.45, 7) is 0.946. The molecular weight excluding hydrogens is 98.1 g/mol. The van der Waals surface area contributed by atoms with Gasteiger partial charge in [-0.1, -0.05) is 0 Å². The van der Waals surface area contributed by atoms with E-state index in [1.165, 1.54) is 19.3 Å². The molecule has 0 aliphatic heterocycles. The molecule has 0 bridgehead atoms. The van der Waals surface area contributed by atoms with Crippen LogP contribution in [0.4, 0.5) is 0 Å². The van der Waals surface area contributed by atoms with Gasteiger partial charge in [-0.2, -0.15) is 0 Å². The van der Waals surface area contributed by atoms with Crippen molar-refractivity contribution in [3.8, 4) is 0 Å². The summed E-state index contributed by atoms with van der Waals surface area (Å²) in [5.74, 6) is 3.12. The first-order valence-electron chi connectivity index (χ1n) is 3.62. The van der Waals surface area contributed by atoms with Gasteiger partial charge in [0, 0.05) is 0 Å². The Balaban J connectivity index is 1.79. The fraction of sp³-hybridized carbons (Fsp3) is 1.00. The number of hydrogen-bond donors (Lipinski definition) is 1. The van der Waals surface area contributed by atoms with Crippen LogP contribution in [0.5, 0.6) is 0 Å². The van der Waals surface area contributed by atoms with E-state index in [-0.39, 0.29) is 0 Å². The highest BCUT2D eigenvalue weighted by Gasteiger charge is 2.46. The Morgan fingerprint density at radius 2 is 2.12 bits per heavy atom. The Labute approximate surface area is 50.3 Å². The van der Waals surface area contributed by atoms with E-state index in [9.17, 15) is 0 Å². The third-order valence-corrected chi connectivity index (χ3v) is 2.51. The molecule has 0 amide bonds. The van der Waals surface area contributed by atoms with Gasteiger partial charge < -0.3 is 5.73 Å². The van der Waals surface area contributed by atoms with Crippen molar-refractivity contribution in [2.75, 3.05) is 6.54 Å². The van der Waals surface area contributed by atoms with Crippen LogP contribution in [0, 0.1) is 17.8 Å². The average molecular weight is 111 g/mol. The first-order chi connectivity index (χ1) is 3.92. The van der Waals surface area contributed by atoms with E-state index in [0.717, 1.165) is 24.3 Å². The van der Waals surface area contributed by atoms with E-state index in [1.807, 2.05) is 0 Å². The molecule has 2 saturated carbocycles. The first-order valence-corrected chi connectivity index (χ1v) is 3.62. The summed E-state index contributed by atoms with van der Waals surface area (Å²) in [5, 5.41) is 0. The Kier molecular flexibility index (Phi) is 0.884. The molecule has 2 aliphatic rings. The number of rotatable bonds is 2. The SMILES string of the molecule is NC[C@H]1C[C@@H]1C1CC1. The molecule has 0 radical (unpaired) electrons. The maximum atomic E-state index is 5.49. The van der Waals surface area contributed by atoms with Gasteiger partial charge in [-0.05, 0) is 43.6 Å². The lowest BCUT2D eigenvalue weighted by molar-refractivity contribution is 0.633. The molecule has 0 saturated heterocycles. The lowest BCUT2D eigenvalue weighted by atomic mass is 10.2. The molecule has 0 aromatic rings. The minimum absolute atomic E-state index is 0.933. The summed E-state index contributed by atoms with van der Waals surface area (Å²) >= 11 is 0. The fourth-order valence-corrected chi connectivity index (χ4v) is 1.64. The molecule has 2 N–H and O–H groups in total. The summed E-state index contributed by atoms with van der Waals surface area (Å²) in [6, 6.07) is 0. The van der Waals surface area contributed by atoms with Crippen molar-refractivity contribution < 1.29 is 0 Å². The first kappa shape index (κ1) is 4.80. The van der Waals surface area contributed by atoms with Gasteiger partial charge in [-0.3, -0.25) is 0 Å². The maximum Gasteiger partial charge on any atom is -0.00460 e. The van der Waals surface area contributed by atoms with Gasteiger partial charge in [0.1, 0.15) is 0 Å². The van der Waals surface area contributed by atoms with Crippen LogP contribution in [0.15, 0.2) is 0 Å². The Bertz CT molecular complexity index is 96.6. The van der Waals surface area contributed by atoms with E-state index < -0.39 is 0 Å². The maximum absolute atomic E-state index is 5.49. The fourth-order valence-electron chi connectivity index (χ4n) is 1.64. The number of nitrogens with two attached hydrogens (primary N) is 1. The molecule has 2 aliphatic carbocycles. The van der Waals surface area contributed by atoms with Crippen LogP contribution < -0.4 is 5.73 Å². The van der Waals surface area contributed by atoms with Crippen LogP contribution in [0.3, 0.4) is 0 Å². The highest BCUT2D eigenvalue weighted by Crippen LogP contribution is 2.53. The minimum atomic E-state index is 0.933. The summed E-state index contributed by atoms with van der Waals surface area (Å²) in [5.41, 5.74) is 5.49. The molecular formula is C7H13N. The molecule has 0 heterocycles. The summed E-state index contributed by atoms with van der Waals surface area (Å²) in [4.78, 5) is 0. The molecule has 8 heavy (non-hydrogen) atoms. The van der Waals surface area contributed by atoms with Gasteiger partial charge in [0.15, 0.2) is 0 Å². The Morgan fingerprint density at radius 3 is 2.50 bits per heavy atom. The lowest BCUT2D eigenvalue weighted by Gasteiger charge is -1.88. The molecule has 0 aromatic carbocycles. The molecule has 0 unspecified atom stereocenters. The second-order valence-electron chi connectivity index (χ2n) is 3.23. The van der Waals surface area contributed by atoms with Crippen LogP contribution >= 0.6 is 0 Å². The average Bonchev–Trinajstić information content (AvgIpc) is 2.62. The number of hydrogen-bond acceptors (Lipinski definition) is 1. The highest BCUT2D eigenvalue weighted by molar-refractivity contribution is 4.96. The van der Waals surface area contributed by atoms with Gasteiger partial charge in [0.05, 0.1) is 0 Å². The summed E-state index contributed by atoms with van der Waals surface area (Å²) < 4.78 is 0. The van der Waals surface area contributed by atoms with Gasteiger partial charge in [0.2, 0.25) is 0 Å². The summed E-state index contributed by atoms with van der Waals surface area (Å²) in [7, 11) is 0. The van der Waals surface area contributed by atoms with E-state index in [1.54, 1.807) is 0 Å². The van der Waals surface area contributed by atoms with Gasteiger partial charge in [-0.25, -0.2) is 0 Å². The molecule has 1 heteroatoms. The minimum Gasteiger partial charge on any atom is -0.330 e. The topological polar surface area (TPSA) is 26.0 Å². The molecule has 0 spiro atoms. The smallest absolute Gasteiger partial charge is 0.00460 e. The lowest BCUT2D eigenvalue weighted by Crippen LogP contribution is -2.02. The molecule has 2 rings (SSSR count). The third kappa shape index (κ3) is 0.655. The standard InChI is InChI=1S/C7H13N/c8-4-6-3-7(6)5-1-2-5/h5-7H,1-4,8H2/t6-,7-/m1/s1. The summed E-state index contributed by atoms with van der Waals surface area (Å²) in [6.07, 6.45) is 4.45. The second kappa shape index (κ2) is 1.47. The van der Waals surface area contributed by atoms with Crippen molar-refractivity contribution in [3.05, 3.63) is 0 Å².